The number of unbranched alkanes of at least 4 members (excludes halogenated alkanes) is 16. The van der Waals surface area contributed by atoms with Crippen molar-refractivity contribution in [3.63, 3.8) is 0 Å². The Bertz CT molecular complexity index is 1620. The summed E-state index contributed by atoms with van der Waals surface area (Å²) in [6.45, 7) is 4.55. The third-order valence-corrected chi connectivity index (χ3v) is 10.8. The molecule has 14 nitrogen and oxygen atoms in total. The molecule has 0 N–H and O–H groups in total. The second-order valence-electron chi connectivity index (χ2n) is 14.5. The number of hydrogen-bond donors (Lipinski definition) is 0. The molecule has 0 radical (unpaired) electrons. The predicted molar refractivity (Wildman–Crippen MR) is 233 cm³/mol. The summed E-state index contributed by atoms with van der Waals surface area (Å²) in [7, 11) is -8.70. The molecule has 0 unspecified atom stereocenters. The van der Waals surface area contributed by atoms with Crippen LogP contribution in [0.15, 0.2) is 48.5 Å². The molecule has 2 rings (SSSR count). The fourth-order valence-electron chi connectivity index (χ4n) is 5.95. The van der Waals surface area contributed by atoms with Crippen LogP contribution in [0, 0.1) is 0 Å². The van der Waals surface area contributed by atoms with E-state index in [2.05, 4.69) is 13.8 Å². The van der Waals surface area contributed by atoms with Gasteiger partial charge < -0.3 is 28.1 Å². The van der Waals surface area contributed by atoms with Gasteiger partial charge in [0.1, 0.15) is 0 Å². The van der Waals surface area contributed by atoms with Crippen molar-refractivity contribution in [2.75, 3.05) is 37.9 Å². The van der Waals surface area contributed by atoms with Crippen LogP contribution in [0.4, 0.5) is 0 Å². The van der Waals surface area contributed by atoms with Gasteiger partial charge in [-0.15, -0.1) is 0 Å². The van der Waals surface area contributed by atoms with Gasteiger partial charge in [0.05, 0.1) is 68.9 Å². The Morgan fingerprint density at radius 3 is 0.836 bits per heavy atom. The first kappa shape index (κ1) is 58.4. The standard InChI is InChI=1S/2C22H34O7S.Ca/c2*1-2-3-4-5-6-7-8-9-12-16-28-21(23)19-14-10-11-15-20(19)22(24)29-17-13-18-30(25,26)27;/h2*10-11,14-15H,2-9,12-13,16-18H2,1H3,(H,25,26,27);/q;;+2/p-2. The van der Waals surface area contributed by atoms with Crippen molar-refractivity contribution in [3.05, 3.63) is 70.8 Å². The zero-order valence-corrected chi connectivity index (χ0v) is 40.1. The molecule has 0 amide bonds. The summed E-state index contributed by atoms with van der Waals surface area (Å²) in [6.07, 6.45) is 20.7. The SMILES string of the molecule is CCCCCCCCCCCOC(=O)c1ccccc1C(=O)OCCCS(=O)(=O)[O-].CCCCCCCCCCCOC(=O)c1ccccc1C(=O)OCCCS(=O)(=O)[O-].[Ca+2]. The molecule has 0 aliphatic carbocycles. The molecule has 0 spiro atoms. The first-order valence-electron chi connectivity index (χ1n) is 21.4. The fraction of sp³-hybridized carbons (Fsp3) is 0.636. The summed E-state index contributed by atoms with van der Waals surface area (Å²) in [5, 5.41) is 0. The Morgan fingerprint density at radius 1 is 0.393 bits per heavy atom. The molecule has 2 aromatic rings. The summed E-state index contributed by atoms with van der Waals surface area (Å²) in [5.74, 6) is -3.91. The van der Waals surface area contributed by atoms with E-state index in [4.69, 9.17) is 18.9 Å². The van der Waals surface area contributed by atoms with E-state index < -0.39 is 55.6 Å². The number of benzene rings is 2. The molecule has 0 aliphatic heterocycles. The Hall–Kier alpha value is -2.60. The van der Waals surface area contributed by atoms with Gasteiger partial charge in [-0.2, -0.15) is 0 Å². The summed E-state index contributed by atoms with van der Waals surface area (Å²) >= 11 is 0. The van der Waals surface area contributed by atoms with E-state index in [0.29, 0.717) is 13.2 Å². The average molecular weight is 923 g/mol. The van der Waals surface area contributed by atoms with Crippen LogP contribution in [0.25, 0.3) is 0 Å². The van der Waals surface area contributed by atoms with E-state index in [1.165, 1.54) is 101 Å². The van der Waals surface area contributed by atoms with E-state index in [1.807, 2.05) is 0 Å². The second-order valence-corrected chi connectivity index (χ2v) is 17.6. The van der Waals surface area contributed by atoms with Crippen molar-refractivity contribution in [1.82, 2.24) is 0 Å². The molecule has 340 valence electrons. The van der Waals surface area contributed by atoms with Crippen molar-refractivity contribution in [2.24, 2.45) is 0 Å². The third kappa shape index (κ3) is 31.0. The monoisotopic (exact) mass is 922 g/mol. The van der Waals surface area contributed by atoms with Crippen LogP contribution >= 0.6 is 0 Å². The van der Waals surface area contributed by atoms with Gasteiger partial charge in [0, 0.05) is 11.5 Å². The number of rotatable bonds is 32. The first-order chi connectivity index (χ1) is 28.7. The van der Waals surface area contributed by atoms with Gasteiger partial charge in [-0.1, -0.05) is 141 Å². The smallest absolute Gasteiger partial charge is 0.748 e. The zero-order valence-electron chi connectivity index (χ0n) is 36.2. The average Bonchev–Trinajstić information content (AvgIpc) is 3.21. The van der Waals surface area contributed by atoms with Crippen LogP contribution in [0.5, 0.6) is 0 Å². The minimum atomic E-state index is -4.35. The van der Waals surface area contributed by atoms with Crippen molar-refractivity contribution >= 4 is 81.9 Å². The van der Waals surface area contributed by atoms with Gasteiger partial charge in [0.2, 0.25) is 0 Å². The topological polar surface area (TPSA) is 220 Å². The molecule has 2 aromatic carbocycles. The van der Waals surface area contributed by atoms with Gasteiger partial charge in [0.25, 0.3) is 0 Å². The summed E-state index contributed by atoms with van der Waals surface area (Å²) in [4.78, 5) is 49.0. The Labute approximate surface area is 394 Å². The third-order valence-electron chi connectivity index (χ3n) is 9.24. The van der Waals surface area contributed by atoms with Crippen molar-refractivity contribution in [2.45, 2.75) is 142 Å². The molecule has 0 aromatic heterocycles. The predicted octanol–water partition coefficient (Wildman–Crippen LogP) is 8.55. The molecule has 0 saturated heterocycles. The number of esters is 4. The van der Waals surface area contributed by atoms with Crippen LogP contribution in [0.1, 0.15) is 184 Å². The molecule has 0 atom stereocenters. The molecule has 0 fully saturated rings. The zero-order chi connectivity index (χ0) is 44.5. The molecule has 0 saturated carbocycles. The van der Waals surface area contributed by atoms with Crippen LogP contribution in [0.2, 0.25) is 0 Å². The minimum Gasteiger partial charge on any atom is -0.748 e. The maximum atomic E-state index is 12.3. The normalized spacial score (nSPS) is 11.1. The van der Waals surface area contributed by atoms with Crippen molar-refractivity contribution < 1.29 is 64.1 Å². The molecule has 0 bridgehead atoms. The minimum absolute atomic E-state index is 0. The summed E-state index contributed by atoms with van der Waals surface area (Å²) < 4.78 is 83.9. The Balaban J connectivity index is 0.00000116. The Kier molecular flexibility index (Phi) is 34.3. The summed E-state index contributed by atoms with van der Waals surface area (Å²) in [6, 6.07) is 12.3. The fourth-order valence-corrected chi connectivity index (χ4v) is 6.89. The first-order valence-corrected chi connectivity index (χ1v) is 24.6. The largest absolute Gasteiger partial charge is 2.00 e. The number of carbonyl (C=O) groups excluding carboxylic acids is 4. The van der Waals surface area contributed by atoms with Crippen LogP contribution < -0.4 is 0 Å². The van der Waals surface area contributed by atoms with Gasteiger partial charge >= 0.3 is 61.6 Å². The number of ether oxygens (including phenoxy) is 4. The quantitative estimate of drug-likeness (QED) is 0.0221. The molecule has 0 aliphatic rings. The Morgan fingerprint density at radius 2 is 0.607 bits per heavy atom. The van der Waals surface area contributed by atoms with Gasteiger partial charge in [0.15, 0.2) is 0 Å². The number of carbonyl (C=O) groups is 4. The van der Waals surface area contributed by atoms with E-state index in [0.717, 1.165) is 38.5 Å². The maximum Gasteiger partial charge on any atom is 2.00 e. The van der Waals surface area contributed by atoms with Crippen LogP contribution in [-0.4, -0.2) is 125 Å². The summed E-state index contributed by atoms with van der Waals surface area (Å²) in [5.41, 5.74) is 0.323. The van der Waals surface area contributed by atoms with E-state index in [9.17, 15) is 45.1 Å². The van der Waals surface area contributed by atoms with Crippen molar-refractivity contribution in [3.8, 4) is 0 Å². The van der Waals surface area contributed by atoms with E-state index in [-0.39, 0.29) is 86.0 Å². The molecule has 0 heterocycles. The van der Waals surface area contributed by atoms with Crippen LogP contribution in [0.3, 0.4) is 0 Å². The van der Waals surface area contributed by atoms with Crippen molar-refractivity contribution in [1.29, 1.82) is 0 Å². The molecule has 61 heavy (non-hydrogen) atoms. The van der Waals surface area contributed by atoms with Gasteiger partial charge in [-0.3, -0.25) is 0 Å². The van der Waals surface area contributed by atoms with Gasteiger partial charge in [-0.25, -0.2) is 36.0 Å². The molecule has 17 heteroatoms. The maximum absolute atomic E-state index is 12.3. The van der Waals surface area contributed by atoms with E-state index >= 15 is 0 Å². The number of hydrogen-bond acceptors (Lipinski definition) is 14. The van der Waals surface area contributed by atoms with E-state index in [1.54, 1.807) is 24.3 Å². The second kappa shape index (κ2) is 35.8. The van der Waals surface area contributed by atoms with Gasteiger partial charge in [-0.05, 0) is 49.9 Å². The molecular weight excluding hydrogens is 857 g/mol. The van der Waals surface area contributed by atoms with Crippen LogP contribution in [-0.2, 0) is 39.2 Å². The molecular formula is C44H66CaO14S2.